The molecule has 0 bridgehead atoms. The number of benzene rings is 1. The quantitative estimate of drug-likeness (QED) is 0.529. The molecule has 184 valence electrons. The molecule has 2 fully saturated rings. The zero-order valence-corrected chi connectivity index (χ0v) is 21.0. The van der Waals surface area contributed by atoms with Crippen molar-refractivity contribution in [2.24, 2.45) is 5.92 Å². The second-order valence-electron chi connectivity index (χ2n) is 9.72. The van der Waals surface area contributed by atoms with E-state index in [2.05, 4.69) is 27.6 Å². The molecule has 1 aliphatic heterocycles. The number of amides is 1. The molecule has 3 aromatic rings. The summed E-state index contributed by atoms with van der Waals surface area (Å²) in [7, 11) is -3.63. The van der Waals surface area contributed by atoms with Gasteiger partial charge in [-0.05, 0) is 62.1 Å². The number of nitrogens with one attached hydrogen (secondary N) is 1. The number of hydrogen-bond acceptors (Lipinski definition) is 7. The fourth-order valence-electron chi connectivity index (χ4n) is 5.10. The molecule has 2 aromatic heterocycles. The van der Waals surface area contributed by atoms with Crippen molar-refractivity contribution in [1.29, 1.82) is 0 Å². The Morgan fingerprint density at radius 3 is 2.71 bits per heavy atom. The molecule has 3 heterocycles. The Morgan fingerprint density at radius 2 is 1.91 bits per heavy atom. The van der Waals surface area contributed by atoms with Gasteiger partial charge in [0.1, 0.15) is 4.21 Å². The van der Waals surface area contributed by atoms with Crippen molar-refractivity contribution < 1.29 is 17.7 Å². The van der Waals surface area contributed by atoms with Crippen molar-refractivity contribution in [2.75, 3.05) is 13.1 Å². The van der Waals surface area contributed by atoms with Crippen molar-refractivity contribution in [1.82, 2.24) is 19.8 Å². The Balaban J connectivity index is 1.08. The SMILES string of the molecule is O=C(NC1CCCc2ccccc21)C1CCN(S(=O)(=O)c2cc(-c3noc(C4CC4)n3)cs2)CC1. The number of aryl methyl sites for hydroxylation is 1. The van der Waals surface area contributed by atoms with Gasteiger partial charge in [-0.1, -0.05) is 29.4 Å². The van der Waals surface area contributed by atoms with Crippen molar-refractivity contribution in [3.63, 3.8) is 0 Å². The summed E-state index contributed by atoms with van der Waals surface area (Å²) in [6.07, 6.45) is 6.23. The first-order valence-electron chi connectivity index (χ1n) is 12.3. The molecule has 1 aromatic carbocycles. The van der Waals surface area contributed by atoms with Crippen LogP contribution in [0.2, 0.25) is 0 Å². The highest BCUT2D eigenvalue weighted by atomic mass is 32.2. The van der Waals surface area contributed by atoms with E-state index in [0.717, 1.165) is 32.1 Å². The minimum absolute atomic E-state index is 0.0331. The molecule has 10 heteroatoms. The zero-order chi connectivity index (χ0) is 24.0. The third kappa shape index (κ3) is 4.54. The minimum atomic E-state index is -3.63. The van der Waals surface area contributed by atoms with Crippen LogP contribution in [0.15, 0.2) is 44.4 Å². The third-order valence-electron chi connectivity index (χ3n) is 7.31. The van der Waals surface area contributed by atoms with E-state index in [1.54, 1.807) is 11.4 Å². The number of aromatic nitrogens is 2. The number of carbonyl (C=O) groups is 1. The van der Waals surface area contributed by atoms with Gasteiger partial charge in [0.25, 0.3) is 10.0 Å². The summed E-state index contributed by atoms with van der Waals surface area (Å²) in [5, 5.41) is 9.01. The molecule has 1 saturated carbocycles. The van der Waals surface area contributed by atoms with E-state index < -0.39 is 10.0 Å². The summed E-state index contributed by atoms with van der Waals surface area (Å²) in [6.45, 7) is 0.673. The topological polar surface area (TPSA) is 105 Å². The molecule has 35 heavy (non-hydrogen) atoms. The molecule has 6 rings (SSSR count). The number of rotatable bonds is 6. The Labute approximate surface area is 208 Å². The van der Waals surface area contributed by atoms with Crippen molar-refractivity contribution in [3.05, 3.63) is 52.7 Å². The first-order chi connectivity index (χ1) is 17.0. The van der Waals surface area contributed by atoms with Gasteiger partial charge in [-0.15, -0.1) is 11.3 Å². The van der Waals surface area contributed by atoms with E-state index in [0.29, 0.717) is 49.1 Å². The maximum absolute atomic E-state index is 13.3. The standard InChI is InChI=1S/C25H28N4O4S2/c30-24(26-21-7-3-5-16-4-1-2-6-20(16)21)17-10-12-29(13-11-17)35(31,32)22-14-19(15-34-22)23-27-25(33-28-23)18-8-9-18/h1-2,4,6,14-15,17-18,21H,3,5,7-13H2,(H,26,30). The maximum atomic E-state index is 13.3. The monoisotopic (exact) mass is 512 g/mol. The van der Waals surface area contributed by atoms with Gasteiger partial charge in [0.15, 0.2) is 0 Å². The molecule has 2 aliphatic carbocycles. The molecule has 1 saturated heterocycles. The van der Waals surface area contributed by atoms with E-state index in [9.17, 15) is 13.2 Å². The molecule has 8 nitrogen and oxygen atoms in total. The van der Waals surface area contributed by atoms with Crippen molar-refractivity contribution in [3.8, 4) is 11.4 Å². The Kier molecular flexibility index (Phi) is 5.98. The zero-order valence-electron chi connectivity index (χ0n) is 19.4. The highest BCUT2D eigenvalue weighted by molar-refractivity contribution is 7.91. The van der Waals surface area contributed by atoms with Crippen molar-refractivity contribution in [2.45, 2.75) is 61.1 Å². The number of thiophene rings is 1. The summed E-state index contributed by atoms with van der Waals surface area (Å²) in [4.78, 5) is 17.4. The molecule has 1 unspecified atom stereocenters. The number of piperidine rings is 1. The molecular weight excluding hydrogens is 484 g/mol. The van der Waals surface area contributed by atoms with Gasteiger partial charge >= 0.3 is 0 Å². The highest BCUT2D eigenvalue weighted by Crippen LogP contribution is 2.40. The Hall–Kier alpha value is -2.56. The van der Waals surface area contributed by atoms with E-state index in [1.165, 1.54) is 26.8 Å². The van der Waals surface area contributed by atoms with Crippen LogP contribution in [0.25, 0.3) is 11.4 Å². The molecule has 3 aliphatic rings. The van der Waals surface area contributed by atoms with E-state index in [-0.39, 0.29) is 22.1 Å². The normalized spacial score (nSPS) is 21.5. The number of hydrogen-bond donors (Lipinski definition) is 1. The Morgan fingerprint density at radius 1 is 1.11 bits per heavy atom. The second kappa shape index (κ2) is 9.15. The summed E-state index contributed by atoms with van der Waals surface area (Å²) < 4.78 is 33.6. The van der Waals surface area contributed by atoms with Crippen LogP contribution in [0.3, 0.4) is 0 Å². The van der Waals surface area contributed by atoms with Crippen LogP contribution in [0.4, 0.5) is 0 Å². The van der Waals surface area contributed by atoms with Crippen LogP contribution in [0, 0.1) is 5.92 Å². The number of sulfonamides is 1. The van der Waals surface area contributed by atoms with Crippen LogP contribution in [0.1, 0.15) is 67.5 Å². The number of fused-ring (bicyclic) bond motifs is 1. The van der Waals surface area contributed by atoms with E-state index in [1.807, 2.05) is 12.1 Å². The van der Waals surface area contributed by atoms with Crippen LogP contribution in [0.5, 0.6) is 0 Å². The van der Waals surface area contributed by atoms with Gasteiger partial charge in [-0.25, -0.2) is 8.42 Å². The minimum Gasteiger partial charge on any atom is -0.349 e. The molecule has 1 N–H and O–H groups in total. The van der Waals surface area contributed by atoms with E-state index >= 15 is 0 Å². The van der Waals surface area contributed by atoms with Gasteiger partial charge in [-0.2, -0.15) is 9.29 Å². The summed E-state index contributed by atoms with van der Waals surface area (Å²) in [6, 6.07) is 9.98. The van der Waals surface area contributed by atoms with E-state index in [4.69, 9.17) is 4.52 Å². The lowest BCUT2D eigenvalue weighted by Gasteiger charge is -2.32. The van der Waals surface area contributed by atoms with Gasteiger partial charge < -0.3 is 9.84 Å². The summed E-state index contributed by atoms with van der Waals surface area (Å²) in [5.74, 6) is 1.28. The first-order valence-corrected chi connectivity index (χ1v) is 14.6. The predicted molar refractivity (Wildman–Crippen MR) is 131 cm³/mol. The lowest BCUT2D eigenvalue weighted by molar-refractivity contribution is -0.127. The highest BCUT2D eigenvalue weighted by Gasteiger charge is 2.35. The second-order valence-corrected chi connectivity index (χ2v) is 12.8. The van der Waals surface area contributed by atoms with Crippen LogP contribution >= 0.6 is 11.3 Å². The molecule has 0 radical (unpaired) electrons. The summed E-state index contributed by atoms with van der Waals surface area (Å²) >= 11 is 1.17. The molecule has 0 spiro atoms. The maximum Gasteiger partial charge on any atom is 0.252 e. The lowest BCUT2D eigenvalue weighted by atomic mass is 9.87. The summed E-state index contributed by atoms with van der Waals surface area (Å²) in [5.41, 5.74) is 3.18. The lowest BCUT2D eigenvalue weighted by Crippen LogP contribution is -2.43. The average Bonchev–Trinajstić information content (AvgIpc) is 3.39. The molecule has 1 amide bonds. The fourth-order valence-corrected chi connectivity index (χ4v) is 7.88. The van der Waals surface area contributed by atoms with Gasteiger partial charge in [0.2, 0.25) is 17.6 Å². The average molecular weight is 513 g/mol. The van der Waals surface area contributed by atoms with Crippen molar-refractivity contribution >= 4 is 27.3 Å². The van der Waals surface area contributed by atoms with Gasteiger partial charge in [0.05, 0.1) is 6.04 Å². The number of nitrogens with zero attached hydrogens (tertiary/aromatic N) is 3. The third-order valence-corrected chi connectivity index (χ3v) is 10.6. The molecule has 1 atom stereocenters. The van der Waals surface area contributed by atoms with Crippen LogP contribution < -0.4 is 5.32 Å². The molecular formula is C25H28N4O4S2. The smallest absolute Gasteiger partial charge is 0.252 e. The fraction of sp³-hybridized carbons (Fsp3) is 0.480. The van der Waals surface area contributed by atoms with Crippen LogP contribution in [-0.4, -0.2) is 41.9 Å². The van der Waals surface area contributed by atoms with Crippen LogP contribution in [-0.2, 0) is 21.2 Å². The first kappa shape index (κ1) is 22.9. The predicted octanol–water partition coefficient (Wildman–Crippen LogP) is 4.27. The largest absolute Gasteiger partial charge is 0.349 e. The van der Waals surface area contributed by atoms with Gasteiger partial charge in [-0.3, -0.25) is 4.79 Å². The van der Waals surface area contributed by atoms with Gasteiger partial charge in [0, 0.05) is 35.9 Å². The number of carbonyl (C=O) groups excluding carboxylic acids is 1. The Bertz CT molecular complexity index is 1340.